The van der Waals surface area contributed by atoms with E-state index in [1.54, 1.807) is 0 Å². The molecule has 3 rings (SSSR count). The van der Waals surface area contributed by atoms with Crippen molar-refractivity contribution in [1.82, 2.24) is 5.32 Å². The predicted octanol–water partition coefficient (Wildman–Crippen LogP) is 2.98. The lowest BCUT2D eigenvalue weighted by Crippen LogP contribution is -2.43. The fraction of sp³-hybridized carbons (Fsp3) is 0.571. The number of nitrogens with one attached hydrogen (secondary N) is 1. The summed E-state index contributed by atoms with van der Waals surface area (Å²) in [7, 11) is 0. The smallest absolute Gasteiger partial charge is 0.0437 e. The van der Waals surface area contributed by atoms with Crippen molar-refractivity contribution < 1.29 is 0 Å². The lowest BCUT2D eigenvalue weighted by atomic mass is 9.84. The highest BCUT2D eigenvalue weighted by molar-refractivity contribution is 5.30. The van der Waals surface area contributed by atoms with Crippen LogP contribution in [0, 0.1) is 12.8 Å². The second-order valence-electron chi connectivity index (χ2n) is 5.27. The maximum absolute atomic E-state index is 3.76. The summed E-state index contributed by atoms with van der Waals surface area (Å²) in [4.78, 5) is 0. The van der Waals surface area contributed by atoms with E-state index in [1.807, 2.05) is 0 Å². The van der Waals surface area contributed by atoms with Crippen LogP contribution in [0.1, 0.15) is 36.8 Å². The first-order valence-corrected chi connectivity index (χ1v) is 6.11. The highest BCUT2D eigenvalue weighted by Gasteiger charge is 2.42. The summed E-state index contributed by atoms with van der Waals surface area (Å²) in [6.07, 6.45) is 5.49. The van der Waals surface area contributed by atoms with Crippen LogP contribution in [0.2, 0.25) is 0 Å². The number of piperidine rings is 1. The van der Waals surface area contributed by atoms with Gasteiger partial charge >= 0.3 is 0 Å². The number of fused-ring (bicyclic) bond motifs is 2. The van der Waals surface area contributed by atoms with Gasteiger partial charge in [0.05, 0.1) is 0 Å². The van der Waals surface area contributed by atoms with Crippen molar-refractivity contribution in [3.05, 3.63) is 35.4 Å². The molecule has 1 aromatic rings. The van der Waals surface area contributed by atoms with E-state index in [0.29, 0.717) is 5.54 Å². The molecule has 1 N–H and O–H groups in total. The molecule has 1 aromatic carbocycles. The highest BCUT2D eigenvalue weighted by Crippen LogP contribution is 2.45. The molecule has 2 unspecified atom stereocenters. The maximum atomic E-state index is 3.76. The molecule has 2 atom stereocenters. The van der Waals surface area contributed by atoms with Gasteiger partial charge in [0.1, 0.15) is 0 Å². The first kappa shape index (κ1) is 9.41. The molecule has 2 aliphatic rings. The van der Waals surface area contributed by atoms with Gasteiger partial charge in [0.15, 0.2) is 0 Å². The normalized spacial score (nSPS) is 34.3. The lowest BCUT2D eigenvalue weighted by molar-refractivity contribution is 0.275. The van der Waals surface area contributed by atoms with Gasteiger partial charge in [-0.1, -0.05) is 29.8 Å². The van der Waals surface area contributed by atoms with Crippen LogP contribution < -0.4 is 5.32 Å². The summed E-state index contributed by atoms with van der Waals surface area (Å²) in [5.41, 5.74) is 3.20. The van der Waals surface area contributed by atoms with Gasteiger partial charge in [0, 0.05) is 5.54 Å². The van der Waals surface area contributed by atoms with Crippen LogP contribution in [0.5, 0.6) is 0 Å². The Morgan fingerprint density at radius 2 is 2.00 bits per heavy atom. The number of aryl methyl sites for hydroxylation is 1. The van der Waals surface area contributed by atoms with E-state index in [4.69, 9.17) is 0 Å². The summed E-state index contributed by atoms with van der Waals surface area (Å²) >= 11 is 0. The van der Waals surface area contributed by atoms with Crippen molar-refractivity contribution in [1.29, 1.82) is 0 Å². The summed E-state index contributed by atoms with van der Waals surface area (Å²) in [6.45, 7) is 3.37. The lowest BCUT2D eigenvalue weighted by Gasteiger charge is -2.35. The minimum Gasteiger partial charge on any atom is -0.307 e. The molecule has 0 radical (unpaired) electrons. The third-order valence-electron chi connectivity index (χ3n) is 4.24. The zero-order chi connectivity index (χ0) is 10.3. The third kappa shape index (κ3) is 1.50. The van der Waals surface area contributed by atoms with Gasteiger partial charge in [-0.25, -0.2) is 0 Å². The Labute approximate surface area is 91.9 Å². The minimum atomic E-state index is 0.330. The van der Waals surface area contributed by atoms with E-state index in [0.717, 1.165) is 5.92 Å². The second kappa shape index (κ2) is 3.34. The number of hydrogen-bond donors (Lipinski definition) is 1. The van der Waals surface area contributed by atoms with Gasteiger partial charge in [0.25, 0.3) is 0 Å². The Morgan fingerprint density at radius 3 is 2.80 bits per heavy atom. The van der Waals surface area contributed by atoms with E-state index in [1.165, 1.54) is 43.4 Å². The topological polar surface area (TPSA) is 12.0 Å². The van der Waals surface area contributed by atoms with Gasteiger partial charge in [-0.05, 0) is 50.6 Å². The highest BCUT2D eigenvalue weighted by atomic mass is 15.0. The molecule has 1 aliphatic heterocycles. The molecule has 1 saturated heterocycles. The van der Waals surface area contributed by atoms with Crippen molar-refractivity contribution in [3.63, 3.8) is 0 Å². The van der Waals surface area contributed by atoms with Crippen LogP contribution in [0.3, 0.4) is 0 Å². The first-order valence-electron chi connectivity index (χ1n) is 6.11. The Bertz CT molecular complexity index is 350. The van der Waals surface area contributed by atoms with Crippen LogP contribution >= 0.6 is 0 Å². The van der Waals surface area contributed by atoms with E-state index in [2.05, 4.69) is 36.5 Å². The molecule has 15 heavy (non-hydrogen) atoms. The number of benzene rings is 1. The van der Waals surface area contributed by atoms with Crippen molar-refractivity contribution in [2.24, 2.45) is 5.92 Å². The van der Waals surface area contributed by atoms with Gasteiger partial charge in [-0.2, -0.15) is 0 Å². The summed E-state index contributed by atoms with van der Waals surface area (Å²) in [6, 6.07) is 9.12. The zero-order valence-electron chi connectivity index (χ0n) is 9.42. The third-order valence-corrected chi connectivity index (χ3v) is 4.24. The fourth-order valence-electron chi connectivity index (χ4n) is 3.31. The van der Waals surface area contributed by atoms with E-state index in [-0.39, 0.29) is 0 Å². The van der Waals surface area contributed by atoms with Crippen LogP contribution in [-0.2, 0) is 5.54 Å². The second-order valence-corrected chi connectivity index (χ2v) is 5.27. The van der Waals surface area contributed by atoms with Crippen LogP contribution in [0.25, 0.3) is 0 Å². The Morgan fingerprint density at radius 1 is 1.20 bits per heavy atom. The summed E-state index contributed by atoms with van der Waals surface area (Å²) < 4.78 is 0. The Kier molecular flexibility index (Phi) is 2.10. The molecule has 2 fully saturated rings. The van der Waals surface area contributed by atoms with E-state index >= 15 is 0 Å². The molecule has 1 nitrogen and oxygen atoms in total. The molecular formula is C14H19N. The van der Waals surface area contributed by atoms with Crippen LogP contribution in [-0.4, -0.2) is 6.54 Å². The molecule has 80 valence electrons. The minimum absolute atomic E-state index is 0.330. The molecule has 1 saturated carbocycles. The monoisotopic (exact) mass is 201 g/mol. The standard InChI is InChI=1S/C14H19N/c1-11-2-4-13(5-3-11)14-8-6-12(10-14)7-9-15-14/h2-5,12,15H,6-10H2,1H3. The Hall–Kier alpha value is -0.820. The van der Waals surface area contributed by atoms with Crippen molar-refractivity contribution in [2.45, 2.75) is 38.1 Å². The number of rotatable bonds is 1. The van der Waals surface area contributed by atoms with Crippen LogP contribution in [0.4, 0.5) is 0 Å². The number of hydrogen-bond acceptors (Lipinski definition) is 1. The maximum Gasteiger partial charge on any atom is 0.0437 e. The molecule has 2 bridgehead atoms. The Balaban J connectivity index is 1.95. The SMILES string of the molecule is Cc1ccc(C23CCC(CCN2)C3)cc1. The zero-order valence-corrected chi connectivity index (χ0v) is 9.42. The predicted molar refractivity (Wildman–Crippen MR) is 62.8 cm³/mol. The molecule has 1 heterocycles. The largest absolute Gasteiger partial charge is 0.307 e. The van der Waals surface area contributed by atoms with Gasteiger partial charge < -0.3 is 5.32 Å². The molecule has 1 aliphatic carbocycles. The van der Waals surface area contributed by atoms with Gasteiger partial charge in [0.2, 0.25) is 0 Å². The van der Waals surface area contributed by atoms with E-state index in [9.17, 15) is 0 Å². The quantitative estimate of drug-likeness (QED) is 0.736. The summed E-state index contributed by atoms with van der Waals surface area (Å²) in [5.74, 6) is 0.979. The first-order chi connectivity index (χ1) is 7.28. The molecule has 0 amide bonds. The van der Waals surface area contributed by atoms with Gasteiger partial charge in [-0.15, -0.1) is 0 Å². The van der Waals surface area contributed by atoms with Crippen LogP contribution in [0.15, 0.2) is 24.3 Å². The molecule has 0 spiro atoms. The molecule has 0 aromatic heterocycles. The summed E-state index contributed by atoms with van der Waals surface area (Å²) in [5, 5.41) is 3.76. The van der Waals surface area contributed by atoms with Crippen molar-refractivity contribution >= 4 is 0 Å². The average molecular weight is 201 g/mol. The average Bonchev–Trinajstić information content (AvgIpc) is 2.56. The molecular weight excluding hydrogens is 182 g/mol. The molecule has 1 heteroatoms. The van der Waals surface area contributed by atoms with Crippen molar-refractivity contribution in [2.75, 3.05) is 6.54 Å². The van der Waals surface area contributed by atoms with Crippen molar-refractivity contribution in [3.8, 4) is 0 Å². The van der Waals surface area contributed by atoms with E-state index < -0.39 is 0 Å². The fourth-order valence-corrected chi connectivity index (χ4v) is 3.31. The van der Waals surface area contributed by atoms with Gasteiger partial charge in [-0.3, -0.25) is 0 Å².